The van der Waals surface area contributed by atoms with Crippen molar-refractivity contribution in [3.63, 3.8) is 0 Å². The largest absolute Gasteiger partial charge is 0.352 e. The number of anilines is 1. The third-order valence-corrected chi connectivity index (χ3v) is 4.20. The first-order chi connectivity index (χ1) is 9.52. The summed E-state index contributed by atoms with van der Waals surface area (Å²) in [6.07, 6.45) is 2.24. The van der Waals surface area contributed by atoms with Gasteiger partial charge in [-0.15, -0.1) is 6.58 Å². The van der Waals surface area contributed by atoms with E-state index in [1.165, 1.54) is 0 Å². The van der Waals surface area contributed by atoms with E-state index >= 15 is 0 Å². The lowest BCUT2D eigenvalue weighted by atomic mass is 10.2. The lowest BCUT2D eigenvalue weighted by Gasteiger charge is -2.07. The molecule has 1 saturated carbocycles. The Kier molecular flexibility index (Phi) is 4.60. The van der Waals surface area contributed by atoms with E-state index in [4.69, 9.17) is 0 Å². The summed E-state index contributed by atoms with van der Waals surface area (Å²) in [6.45, 7) is 5.94. The van der Waals surface area contributed by atoms with Crippen LogP contribution >= 0.6 is 15.9 Å². The molecule has 1 aliphatic rings. The van der Waals surface area contributed by atoms with Crippen LogP contribution in [-0.4, -0.2) is 18.4 Å². The predicted octanol–water partition coefficient (Wildman–Crippen LogP) is 2.63. The Labute approximate surface area is 126 Å². The van der Waals surface area contributed by atoms with Gasteiger partial charge in [-0.3, -0.25) is 9.59 Å². The molecule has 1 aromatic rings. The Morgan fingerprint density at radius 1 is 1.40 bits per heavy atom. The minimum Gasteiger partial charge on any atom is -0.352 e. The van der Waals surface area contributed by atoms with Crippen LogP contribution in [-0.2, 0) is 9.59 Å². The van der Waals surface area contributed by atoms with E-state index in [1.54, 1.807) is 6.08 Å². The second-order valence-electron chi connectivity index (χ2n) is 4.94. The van der Waals surface area contributed by atoms with Crippen LogP contribution < -0.4 is 10.6 Å². The zero-order valence-corrected chi connectivity index (χ0v) is 12.9. The molecule has 0 spiro atoms. The van der Waals surface area contributed by atoms with Gasteiger partial charge < -0.3 is 10.6 Å². The van der Waals surface area contributed by atoms with Crippen molar-refractivity contribution in [2.24, 2.45) is 11.8 Å². The van der Waals surface area contributed by atoms with Crippen molar-refractivity contribution >= 4 is 33.4 Å². The lowest BCUT2D eigenvalue weighted by molar-refractivity contribution is -0.125. The number of halogens is 1. The first-order valence-electron chi connectivity index (χ1n) is 6.48. The molecule has 0 aromatic heterocycles. The first-order valence-corrected chi connectivity index (χ1v) is 7.28. The van der Waals surface area contributed by atoms with Crippen molar-refractivity contribution < 1.29 is 9.59 Å². The molecule has 2 amide bonds. The van der Waals surface area contributed by atoms with Gasteiger partial charge in [-0.1, -0.05) is 22.0 Å². The van der Waals surface area contributed by atoms with Crippen molar-refractivity contribution in [3.8, 4) is 0 Å². The predicted molar refractivity (Wildman–Crippen MR) is 82.3 cm³/mol. The van der Waals surface area contributed by atoms with Crippen LogP contribution in [0.25, 0.3) is 0 Å². The number of benzene rings is 1. The molecule has 2 atom stereocenters. The van der Waals surface area contributed by atoms with Crippen LogP contribution in [0.5, 0.6) is 0 Å². The summed E-state index contributed by atoms with van der Waals surface area (Å²) in [5.41, 5.74) is 1.81. The summed E-state index contributed by atoms with van der Waals surface area (Å²) in [5, 5.41) is 5.57. The molecule has 1 aliphatic carbocycles. The molecule has 5 heteroatoms. The number of carbonyl (C=O) groups excluding carboxylic acids is 2. The zero-order chi connectivity index (χ0) is 14.7. The van der Waals surface area contributed by atoms with Gasteiger partial charge in [0.2, 0.25) is 11.8 Å². The van der Waals surface area contributed by atoms with Crippen LogP contribution in [0.3, 0.4) is 0 Å². The second-order valence-corrected chi connectivity index (χ2v) is 5.79. The normalized spacial score (nSPS) is 20.1. The number of aryl methyl sites for hydroxylation is 1. The van der Waals surface area contributed by atoms with Gasteiger partial charge in [0, 0.05) is 16.7 Å². The van der Waals surface area contributed by atoms with Crippen molar-refractivity contribution in [1.82, 2.24) is 5.32 Å². The maximum absolute atomic E-state index is 12.0. The summed E-state index contributed by atoms with van der Waals surface area (Å²) in [5.74, 6) is -0.585. The minimum atomic E-state index is -0.219. The van der Waals surface area contributed by atoms with Crippen molar-refractivity contribution in [3.05, 3.63) is 40.9 Å². The molecule has 0 heterocycles. The fourth-order valence-corrected chi connectivity index (χ4v) is 2.28. The van der Waals surface area contributed by atoms with Gasteiger partial charge in [0.25, 0.3) is 0 Å². The highest BCUT2D eigenvalue weighted by Gasteiger charge is 2.47. The highest BCUT2D eigenvalue weighted by molar-refractivity contribution is 9.10. The van der Waals surface area contributed by atoms with Gasteiger partial charge in [0.05, 0.1) is 11.8 Å². The number of nitrogens with one attached hydrogen (secondary N) is 2. The topological polar surface area (TPSA) is 58.2 Å². The Hall–Kier alpha value is -1.62. The van der Waals surface area contributed by atoms with Gasteiger partial charge in [-0.2, -0.15) is 0 Å². The van der Waals surface area contributed by atoms with E-state index in [1.807, 2.05) is 25.1 Å². The SMILES string of the molecule is C=CCNC(=O)C1CC1C(=O)Nc1ccc(Br)c(C)c1. The van der Waals surface area contributed by atoms with E-state index in [2.05, 4.69) is 33.1 Å². The number of hydrogen-bond donors (Lipinski definition) is 2. The fourth-order valence-electron chi connectivity index (χ4n) is 2.04. The molecule has 2 N–H and O–H groups in total. The third-order valence-electron chi connectivity index (χ3n) is 3.31. The Balaban J connectivity index is 1.89. The minimum absolute atomic E-state index is 0.0722. The third kappa shape index (κ3) is 3.48. The van der Waals surface area contributed by atoms with Gasteiger partial charge >= 0.3 is 0 Å². The summed E-state index contributed by atoms with van der Waals surface area (Å²) >= 11 is 3.42. The quantitative estimate of drug-likeness (QED) is 0.812. The number of hydrogen-bond acceptors (Lipinski definition) is 2. The standard InChI is InChI=1S/C15H17BrN2O2/c1-3-6-17-14(19)11-8-12(11)15(20)18-10-4-5-13(16)9(2)7-10/h3-5,7,11-12H,1,6,8H2,2H3,(H,17,19)(H,18,20). The molecule has 1 fully saturated rings. The molecule has 0 bridgehead atoms. The van der Waals surface area contributed by atoms with Crippen molar-refractivity contribution in [1.29, 1.82) is 0 Å². The Bertz CT molecular complexity index is 557. The van der Waals surface area contributed by atoms with Crippen molar-refractivity contribution in [2.75, 3.05) is 11.9 Å². The molecule has 20 heavy (non-hydrogen) atoms. The zero-order valence-electron chi connectivity index (χ0n) is 11.3. The summed E-state index contributed by atoms with van der Waals surface area (Å²) in [7, 11) is 0. The molecule has 0 saturated heterocycles. The summed E-state index contributed by atoms with van der Waals surface area (Å²) in [4.78, 5) is 23.7. The molecule has 0 aliphatic heterocycles. The molecule has 2 unspecified atom stereocenters. The Morgan fingerprint density at radius 3 is 2.75 bits per heavy atom. The average molecular weight is 337 g/mol. The Morgan fingerprint density at radius 2 is 2.10 bits per heavy atom. The van der Waals surface area contributed by atoms with E-state index in [0.29, 0.717) is 13.0 Å². The maximum atomic E-state index is 12.0. The summed E-state index contributed by atoms with van der Waals surface area (Å²) in [6, 6.07) is 5.63. The van der Waals surface area contributed by atoms with E-state index in [9.17, 15) is 9.59 Å². The maximum Gasteiger partial charge on any atom is 0.228 e. The molecule has 1 aromatic carbocycles. The van der Waals surface area contributed by atoms with Crippen LogP contribution in [0, 0.1) is 18.8 Å². The number of amides is 2. The van der Waals surface area contributed by atoms with E-state index < -0.39 is 0 Å². The fraction of sp³-hybridized carbons (Fsp3) is 0.333. The van der Waals surface area contributed by atoms with Gasteiger partial charge in [-0.05, 0) is 37.1 Å². The van der Waals surface area contributed by atoms with Gasteiger partial charge in [0.1, 0.15) is 0 Å². The molecule has 2 rings (SSSR count). The van der Waals surface area contributed by atoms with Crippen molar-refractivity contribution in [2.45, 2.75) is 13.3 Å². The van der Waals surface area contributed by atoms with Gasteiger partial charge in [-0.25, -0.2) is 0 Å². The van der Waals surface area contributed by atoms with E-state index in [-0.39, 0.29) is 23.7 Å². The van der Waals surface area contributed by atoms with Crippen LogP contribution in [0.15, 0.2) is 35.3 Å². The van der Waals surface area contributed by atoms with Gasteiger partial charge in [0.15, 0.2) is 0 Å². The van der Waals surface area contributed by atoms with Crippen LogP contribution in [0.2, 0.25) is 0 Å². The molecule has 4 nitrogen and oxygen atoms in total. The molecular weight excluding hydrogens is 320 g/mol. The molecule has 106 valence electrons. The number of carbonyl (C=O) groups is 2. The molecular formula is C15H17BrN2O2. The second kappa shape index (κ2) is 6.22. The van der Waals surface area contributed by atoms with Crippen LogP contribution in [0.1, 0.15) is 12.0 Å². The smallest absolute Gasteiger partial charge is 0.228 e. The highest BCUT2D eigenvalue weighted by atomic mass is 79.9. The summed E-state index contributed by atoms with van der Waals surface area (Å²) < 4.78 is 1.00. The monoisotopic (exact) mass is 336 g/mol. The number of rotatable bonds is 5. The van der Waals surface area contributed by atoms with Crippen LogP contribution in [0.4, 0.5) is 5.69 Å². The average Bonchev–Trinajstić information content (AvgIpc) is 3.20. The highest BCUT2D eigenvalue weighted by Crippen LogP contribution is 2.39. The van der Waals surface area contributed by atoms with E-state index in [0.717, 1.165) is 15.7 Å². The first kappa shape index (κ1) is 14.8. The lowest BCUT2D eigenvalue weighted by Crippen LogP contribution is -2.27. The molecule has 0 radical (unpaired) electrons.